The van der Waals surface area contributed by atoms with Gasteiger partial charge in [-0.2, -0.15) is 0 Å². The summed E-state index contributed by atoms with van der Waals surface area (Å²) < 4.78 is 10.1. The molecule has 0 bridgehead atoms. The van der Waals surface area contributed by atoms with Crippen molar-refractivity contribution < 1.29 is 14.2 Å². The molecule has 1 fully saturated rings. The van der Waals surface area contributed by atoms with E-state index in [0.29, 0.717) is 30.7 Å². The zero-order valence-electron chi connectivity index (χ0n) is 15.8. The first-order chi connectivity index (χ1) is 13.7. The van der Waals surface area contributed by atoms with Crippen molar-refractivity contribution in [3.8, 4) is 5.75 Å². The SMILES string of the molecule is COc1ccccc1CN1CCN(C(=O)NCc2ccc3nonc3c2)CC1. The third kappa shape index (κ3) is 4.07. The standard InChI is InChI=1S/C20H23N5O3/c1-27-19-5-3-2-4-16(19)14-24-8-10-25(11-9-24)20(26)21-13-15-6-7-17-18(12-15)23-28-22-17/h2-7,12H,8-11,13-14H2,1H3,(H,21,26). The smallest absolute Gasteiger partial charge is 0.317 e. The molecular formula is C20H23N5O3. The van der Waals surface area contributed by atoms with Crippen molar-refractivity contribution in [2.24, 2.45) is 0 Å². The van der Waals surface area contributed by atoms with Crippen molar-refractivity contribution in [1.29, 1.82) is 0 Å². The van der Waals surface area contributed by atoms with E-state index in [1.165, 1.54) is 5.56 Å². The van der Waals surface area contributed by atoms with E-state index in [-0.39, 0.29) is 6.03 Å². The Morgan fingerprint density at radius 1 is 1.11 bits per heavy atom. The summed E-state index contributed by atoms with van der Waals surface area (Å²) in [6, 6.07) is 13.6. The average molecular weight is 381 g/mol. The molecule has 1 aliphatic heterocycles. The van der Waals surface area contributed by atoms with Crippen LogP contribution in [0.3, 0.4) is 0 Å². The number of aromatic nitrogens is 2. The van der Waals surface area contributed by atoms with Gasteiger partial charge in [0.15, 0.2) is 0 Å². The maximum Gasteiger partial charge on any atom is 0.317 e. The lowest BCUT2D eigenvalue weighted by Crippen LogP contribution is -2.51. The number of carbonyl (C=O) groups is 1. The Balaban J connectivity index is 1.26. The van der Waals surface area contributed by atoms with Crippen LogP contribution in [0.25, 0.3) is 11.0 Å². The zero-order chi connectivity index (χ0) is 19.3. The van der Waals surface area contributed by atoms with Crippen LogP contribution in [-0.4, -0.2) is 59.4 Å². The number of methoxy groups -OCH3 is 1. The molecule has 8 nitrogen and oxygen atoms in total. The van der Waals surface area contributed by atoms with E-state index in [9.17, 15) is 4.79 Å². The Bertz CT molecular complexity index is 950. The number of ether oxygens (including phenoxy) is 1. The van der Waals surface area contributed by atoms with Crippen LogP contribution in [0.4, 0.5) is 4.79 Å². The van der Waals surface area contributed by atoms with Gasteiger partial charge in [0.2, 0.25) is 0 Å². The van der Waals surface area contributed by atoms with E-state index >= 15 is 0 Å². The topological polar surface area (TPSA) is 83.7 Å². The van der Waals surface area contributed by atoms with E-state index < -0.39 is 0 Å². The first-order valence-electron chi connectivity index (χ1n) is 9.31. The van der Waals surface area contributed by atoms with Crippen molar-refractivity contribution in [1.82, 2.24) is 25.4 Å². The molecule has 1 aromatic heterocycles. The summed E-state index contributed by atoms with van der Waals surface area (Å²) in [6.07, 6.45) is 0. The van der Waals surface area contributed by atoms with Gasteiger partial charge in [0, 0.05) is 44.8 Å². The van der Waals surface area contributed by atoms with Gasteiger partial charge in [-0.05, 0) is 34.1 Å². The number of fused-ring (bicyclic) bond motifs is 1. The van der Waals surface area contributed by atoms with Crippen LogP contribution in [0.1, 0.15) is 11.1 Å². The Labute approximate surface area is 163 Å². The predicted octanol–water partition coefficient (Wildman–Crippen LogP) is 2.26. The summed E-state index contributed by atoms with van der Waals surface area (Å²) in [5, 5.41) is 10.6. The molecule has 1 N–H and O–H groups in total. The van der Waals surface area contributed by atoms with Crippen LogP contribution in [0.2, 0.25) is 0 Å². The van der Waals surface area contributed by atoms with E-state index in [2.05, 4.69) is 26.6 Å². The number of hydrogen-bond acceptors (Lipinski definition) is 6. The number of benzene rings is 2. The Kier molecular flexibility index (Phi) is 5.38. The first-order valence-corrected chi connectivity index (χ1v) is 9.31. The van der Waals surface area contributed by atoms with Gasteiger partial charge in [0.05, 0.1) is 7.11 Å². The molecule has 1 saturated heterocycles. The summed E-state index contributed by atoms with van der Waals surface area (Å²) in [6.45, 7) is 4.35. The molecule has 2 amide bonds. The normalized spacial score (nSPS) is 15.0. The van der Waals surface area contributed by atoms with Crippen LogP contribution in [0.5, 0.6) is 5.75 Å². The van der Waals surface area contributed by atoms with Gasteiger partial charge in [-0.3, -0.25) is 4.90 Å². The summed E-state index contributed by atoms with van der Waals surface area (Å²) in [4.78, 5) is 16.7. The second-order valence-electron chi connectivity index (χ2n) is 6.82. The zero-order valence-corrected chi connectivity index (χ0v) is 15.8. The number of urea groups is 1. The maximum absolute atomic E-state index is 12.5. The number of rotatable bonds is 5. The lowest BCUT2D eigenvalue weighted by atomic mass is 10.1. The van der Waals surface area contributed by atoms with E-state index in [0.717, 1.165) is 30.9 Å². The molecule has 0 aliphatic carbocycles. The minimum Gasteiger partial charge on any atom is -0.496 e. The van der Waals surface area contributed by atoms with Gasteiger partial charge in [-0.25, -0.2) is 9.42 Å². The monoisotopic (exact) mass is 381 g/mol. The fourth-order valence-electron chi connectivity index (χ4n) is 3.41. The molecule has 0 spiro atoms. The molecule has 2 heterocycles. The summed E-state index contributed by atoms with van der Waals surface area (Å²) in [5.74, 6) is 0.905. The van der Waals surface area contributed by atoms with Gasteiger partial charge < -0.3 is 15.0 Å². The summed E-state index contributed by atoms with van der Waals surface area (Å²) in [7, 11) is 1.69. The summed E-state index contributed by atoms with van der Waals surface area (Å²) in [5.41, 5.74) is 3.53. The second-order valence-corrected chi connectivity index (χ2v) is 6.82. The highest BCUT2D eigenvalue weighted by Crippen LogP contribution is 2.20. The van der Waals surface area contributed by atoms with E-state index in [1.807, 2.05) is 41.3 Å². The Morgan fingerprint density at radius 3 is 2.71 bits per heavy atom. The van der Waals surface area contributed by atoms with Gasteiger partial charge in [-0.1, -0.05) is 24.3 Å². The average Bonchev–Trinajstić information content (AvgIpc) is 3.21. The largest absolute Gasteiger partial charge is 0.496 e. The van der Waals surface area contributed by atoms with Gasteiger partial charge in [0.25, 0.3) is 0 Å². The van der Waals surface area contributed by atoms with Crippen LogP contribution >= 0.6 is 0 Å². The van der Waals surface area contributed by atoms with Crippen LogP contribution < -0.4 is 10.1 Å². The van der Waals surface area contributed by atoms with Gasteiger partial charge >= 0.3 is 6.03 Å². The Hall–Kier alpha value is -3.13. The third-order valence-corrected chi connectivity index (χ3v) is 5.01. The lowest BCUT2D eigenvalue weighted by molar-refractivity contribution is 0.134. The molecule has 3 aromatic rings. The van der Waals surface area contributed by atoms with Gasteiger partial charge in [-0.15, -0.1) is 0 Å². The van der Waals surface area contributed by atoms with E-state index in [4.69, 9.17) is 9.37 Å². The highest BCUT2D eigenvalue weighted by atomic mass is 16.6. The third-order valence-electron chi connectivity index (χ3n) is 5.01. The lowest BCUT2D eigenvalue weighted by Gasteiger charge is -2.34. The quantitative estimate of drug-likeness (QED) is 0.730. The molecule has 4 rings (SSSR count). The van der Waals surface area contributed by atoms with Crippen molar-refractivity contribution in [2.75, 3.05) is 33.3 Å². The number of piperazine rings is 1. The predicted molar refractivity (Wildman–Crippen MR) is 104 cm³/mol. The Morgan fingerprint density at radius 2 is 1.89 bits per heavy atom. The molecule has 0 radical (unpaired) electrons. The molecule has 146 valence electrons. The number of nitrogens with zero attached hydrogens (tertiary/aromatic N) is 4. The highest BCUT2D eigenvalue weighted by Gasteiger charge is 2.21. The second kappa shape index (κ2) is 8.26. The highest BCUT2D eigenvalue weighted by molar-refractivity contribution is 5.75. The first kappa shape index (κ1) is 18.2. The van der Waals surface area contributed by atoms with Crippen LogP contribution in [0, 0.1) is 0 Å². The maximum atomic E-state index is 12.5. The van der Waals surface area contributed by atoms with Crippen molar-refractivity contribution >= 4 is 17.1 Å². The summed E-state index contributed by atoms with van der Waals surface area (Å²) >= 11 is 0. The molecular weight excluding hydrogens is 358 g/mol. The molecule has 0 unspecified atom stereocenters. The number of amides is 2. The molecule has 2 aromatic carbocycles. The molecule has 8 heteroatoms. The fraction of sp³-hybridized carbons (Fsp3) is 0.350. The minimum atomic E-state index is -0.0460. The number of hydrogen-bond donors (Lipinski definition) is 1. The van der Waals surface area contributed by atoms with Crippen LogP contribution in [-0.2, 0) is 13.1 Å². The van der Waals surface area contributed by atoms with Crippen LogP contribution in [0.15, 0.2) is 47.1 Å². The van der Waals surface area contributed by atoms with Crippen molar-refractivity contribution in [3.63, 3.8) is 0 Å². The molecule has 0 saturated carbocycles. The number of para-hydroxylation sites is 1. The van der Waals surface area contributed by atoms with E-state index in [1.54, 1.807) is 7.11 Å². The van der Waals surface area contributed by atoms with Gasteiger partial charge in [0.1, 0.15) is 16.8 Å². The number of nitrogens with one attached hydrogen (secondary N) is 1. The fourth-order valence-corrected chi connectivity index (χ4v) is 3.41. The van der Waals surface area contributed by atoms with Crippen molar-refractivity contribution in [2.45, 2.75) is 13.1 Å². The van der Waals surface area contributed by atoms with Crippen molar-refractivity contribution in [3.05, 3.63) is 53.6 Å². The number of carbonyl (C=O) groups excluding carboxylic acids is 1. The molecule has 28 heavy (non-hydrogen) atoms. The minimum absolute atomic E-state index is 0.0460. The molecule has 1 aliphatic rings. The molecule has 0 atom stereocenters.